The minimum atomic E-state index is 0.608. The third-order valence-corrected chi connectivity index (χ3v) is 4.70. The quantitative estimate of drug-likeness (QED) is 0.556. The summed E-state index contributed by atoms with van der Waals surface area (Å²) in [5.41, 5.74) is 2.33. The lowest BCUT2D eigenvalue weighted by Gasteiger charge is -2.26. The zero-order valence-electron chi connectivity index (χ0n) is 11.9. The Balaban J connectivity index is 1.84. The molecule has 0 amide bonds. The van der Waals surface area contributed by atoms with Gasteiger partial charge in [-0.05, 0) is 56.6 Å². The Morgan fingerprint density at radius 2 is 1.89 bits per heavy atom. The van der Waals surface area contributed by atoms with E-state index >= 15 is 0 Å². The van der Waals surface area contributed by atoms with Crippen molar-refractivity contribution in [2.24, 2.45) is 5.92 Å². The van der Waals surface area contributed by atoms with Crippen molar-refractivity contribution < 1.29 is 0 Å². The van der Waals surface area contributed by atoms with E-state index in [1.165, 1.54) is 50.6 Å². The summed E-state index contributed by atoms with van der Waals surface area (Å²) in [6.07, 6.45) is 9.78. The van der Waals surface area contributed by atoms with Gasteiger partial charge in [0.05, 0.1) is 11.4 Å². The van der Waals surface area contributed by atoms with Gasteiger partial charge in [-0.25, -0.2) is 0 Å². The fourth-order valence-corrected chi connectivity index (χ4v) is 3.20. The van der Waals surface area contributed by atoms with Crippen LogP contribution in [0.25, 0.3) is 0 Å². The number of hydrogen-bond donors (Lipinski definition) is 0. The molecule has 2 rings (SSSR count). The van der Waals surface area contributed by atoms with E-state index in [1.54, 1.807) is 0 Å². The summed E-state index contributed by atoms with van der Waals surface area (Å²) in [5.74, 6) is 2.14. The Morgan fingerprint density at radius 1 is 1.11 bits per heavy atom. The van der Waals surface area contributed by atoms with Crippen molar-refractivity contribution in [3.63, 3.8) is 0 Å². The molecule has 1 fully saturated rings. The molecule has 1 aliphatic carbocycles. The molecule has 3 heteroatoms. The summed E-state index contributed by atoms with van der Waals surface area (Å²) in [7, 11) is 0. The molecule has 0 spiro atoms. The van der Waals surface area contributed by atoms with Crippen molar-refractivity contribution in [3.05, 3.63) is 23.5 Å². The van der Waals surface area contributed by atoms with Crippen molar-refractivity contribution >= 4 is 11.6 Å². The molecule has 0 atom stereocenters. The van der Waals surface area contributed by atoms with Crippen molar-refractivity contribution in [1.82, 2.24) is 10.2 Å². The Hall–Kier alpha value is -0.630. The van der Waals surface area contributed by atoms with Gasteiger partial charge in [0.25, 0.3) is 0 Å². The molecular weight excluding hydrogens is 256 g/mol. The second-order valence-electron chi connectivity index (χ2n) is 5.78. The van der Waals surface area contributed by atoms with Gasteiger partial charge in [-0.1, -0.05) is 19.8 Å². The number of alkyl halides is 1. The predicted octanol–water partition coefficient (Wildman–Crippen LogP) is 4.72. The Morgan fingerprint density at radius 3 is 2.47 bits per heavy atom. The molecule has 1 saturated carbocycles. The molecule has 1 heterocycles. The second-order valence-corrected chi connectivity index (χ2v) is 6.09. The van der Waals surface area contributed by atoms with Crippen molar-refractivity contribution in [2.75, 3.05) is 5.88 Å². The van der Waals surface area contributed by atoms with Crippen LogP contribution in [-0.2, 0) is 6.42 Å². The van der Waals surface area contributed by atoms with Gasteiger partial charge >= 0.3 is 0 Å². The minimum Gasteiger partial charge on any atom is -0.155 e. The van der Waals surface area contributed by atoms with Crippen LogP contribution in [0.4, 0.5) is 0 Å². The molecule has 0 aliphatic heterocycles. The van der Waals surface area contributed by atoms with Crippen LogP contribution < -0.4 is 0 Å². The van der Waals surface area contributed by atoms with Gasteiger partial charge in [0.15, 0.2) is 0 Å². The van der Waals surface area contributed by atoms with Crippen LogP contribution in [0.5, 0.6) is 0 Å². The fourth-order valence-electron chi connectivity index (χ4n) is 2.89. The van der Waals surface area contributed by atoms with Gasteiger partial charge in [0, 0.05) is 11.8 Å². The summed E-state index contributed by atoms with van der Waals surface area (Å²) in [6.45, 7) is 2.23. The van der Waals surface area contributed by atoms with Gasteiger partial charge in [-0.3, -0.25) is 0 Å². The molecule has 1 aromatic heterocycles. The number of rotatable bonds is 6. The van der Waals surface area contributed by atoms with E-state index in [0.29, 0.717) is 5.92 Å². The third-order valence-electron chi connectivity index (χ3n) is 4.26. The van der Waals surface area contributed by atoms with Gasteiger partial charge < -0.3 is 0 Å². The lowest BCUT2D eigenvalue weighted by Crippen LogP contribution is -2.15. The molecule has 1 aliphatic rings. The first kappa shape index (κ1) is 14.8. The van der Waals surface area contributed by atoms with E-state index in [9.17, 15) is 0 Å². The number of aromatic nitrogens is 2. The van der Waals surface area contributed by atoms with Crippen LogP contribution in [0.3, 0.4) is 0 Å². The Bertz CT molecular complexity index is 356. The highest BCUT2D eigenvalue weighted by atomic mass is 35.5. The average molecular weight is 281 g/mol. The first-order chi connectivity index (χ1) is 9.33. The zero-order chi connectivity index (χ0) is 13.5. The maximum atomic E-state index is 5.93. The third kappa shape index (κ3) is 4.45. The number of nitrogens with zero attached hydrogens (tertiary/aromatic N) is 2. The molecule has 0 N–H and O–H groups in total. The molecule has 106 valence electrons. The lowest BCUT2D eigenvalue weighted by molar-refractivity contribution is 0.345. The molecule has 2 nitrogen and oxygen atoms in total. The van der Waals surface area contributed by atoms with Crippen LogP contribution in [0, 0.1) is 5.92 Å². The number of unbranched alkanes of at least 4 members (excludes halogenated alkanes) is 2. The number of aryl methyl sites for hydroxylation is 1. The topological polar surface area (TPSA) is 25.8 Å². The molecule has 0 radical (unpaired) electrons. The maximum Gasteiger partial charge on any atom is 0.0662 e. The largest absolute Gasteiger partial charge is 0.155 e. The molecule has 19 heavy (non-hydrogen) atoms. The number of hydrogen-bond acceptors (Lipinski definition) is 2. The monoisotopic (exact) mass is 280 g/mol. The van der Waals surface area contributed by atoms with E-state index in [1.807, 2.05) is 0 Å². The van der Waals surface area contributed by atoms with Crippen LogP contribution in [-0.4, -0.2) is 16.1 Å². The van der Waals surface area contributed by atoms with Crippen molar-refractivity contribution in [2.45, 2.75) is 64.2 Å². The van der Waals surface area contributed by atoms with Crippen molar-refractivity contribution in [3.8, 4) is 0 Å². The highest BCUT2D eigenvalue weighted by molar-refractivity contribution is 6.18. The van der Waals surface area contributed by atoms with Crippen LogP contribution in [0.1, 0.15) is 69.2 Å². The highest BCUT2D eigenvalue weighted by Gasteiger charge is 2.22. The summed E-state index contributed by atoms with van der Waals surface area (Å²) in [5, 5.41) is 8.84. The molecule has 1 aromatic rings. The summed E-state index contributed by atoms with van der Waals surface area (Å²) in [4.78, 5) is 0. The van der Waals surface area contributed by atoms with Crippen molar-refractivity contribution in [1.29, 1.82) is 0 Å². The van der Waals surface area contributed by atoms with E-state index in [2.05, 4.69) is 29.3 Å². The molecular formula is C16H25ClN2. The Kier molecular flexibility index (Phi) is 6.09. The smallest absolute Gasteiger partial charge is 0.0662 e. The first-order valence-corrected chi connectivity index (χ1v) is 8.25. The van der Waals surface area contributed by atoms with E-state index < -0.39 is 0 Å². The maximum absolute atomic E-state index is 5.93. The fraction of sp³-hybridized carbons (Fsp3) is 0.750. The average Bonchev–Trinajstić information content (AvgIpc) is 2.48. The van der Waals surface area contributed by atoms with E-state index in [-0.39, 0.29) is 0 Å². The predicted molar refractivity (Wildman–Crippen MR) is 80.7 cm³/mol. The molecule has 0 aromatic carbocycles. The van der Waals surface area contributed by atoms with Crippen LogP contribution in [0.15, 0.2) is 12.1 Å². The van der Waals surface area contributed by atoms with Gasteiger partial charge in [0.2, 0.25) is 0 Å². The first-order valence-electron chi connectivity index (χ1n) is 7.72. The standard InChI is InChI=1S/C16H25ClN2/c1-2-3-4-5-15-10-11-16(19-18-15)14-8-6-13(12-17)7-9-14/h10-11,13-14H,2-9,12H2,1H3/t13-,14-. The summed E-state index contributed by atoms with van der Waals surface area (Å²) < 4.78 is 0. The lowest BCUT2D eigenvalue weighted by atomic mass is 9.81. The van der Waals surface area contributed by atoms with Crippen LogP contribution in [0.2, 0.25) is 0 Å². The highest BCUT2D eigenvalue weighted by Crippen LogP contribution is 2.35. The SMILES string of the molecule is CCCCCc1ccc([C@H]2CC[C@H](CCl)CC2)nn1. The normalized spacial score (nSPS) is 23.5. The molecule has 0 unspecified atom stereocenters. The summed E-state index contributed by atoms with van der Waals surface area (Å²) >= 11 is 5.93. The summed E-state index contributed by atoms with van der Waals surface area (Å²) in [6, 6.07) is 4.37. The number of halogens is 1. The van der Waals surface area contributed by atoms with Gasteiger partial charge in [-0.15, -0.1) is 11.6 Å². The van der Waals surface area contributed by atoms with Crippen LogP contribution >= 0.6 is 11.6 Å². The van der Waals surface area contributed by atoms with E-state index in [0.717, 1.165) is 23.9 Å². The molecule has 0 bridgehead atoms. The molecule has 0 saturated heterocycles. The second kappa shape index (κ2) is 7.84. The van der Waals surface area contributed by atoms with Gasteiger partial charge in [0.1, 0.15) is 0 Å². The Labute approximate surface area is 122 Å². The zero-order valence-corrected chi connectivity index (χ0v) is 12.7. The van der Waals surface area contributed by atoms with E-state index in [4.69, 9.17) is 11.6 Å². The minimum absolute atomic E-state index is 0.608. The van der Waals surface area contributed by atoms with Gasteiger partial charge in [-0.2, -0.15) is 10.2 Å².